The summed E-state index contributed by atoms with van der Waals surface area (Å²) >= 11 is 0. The van der Waals surface area contributed by atoms with Crippen molar-refractivity contribution in [3.05, 3.63) is 0 Å². The highest BCUT2D eigenvalue weighted by molar-refractivity contribution is 5.69. The van der Waals surface area contributed by atoms with Crippen molar-refractivity contribution in [3.8, 4) is 0 Å². The van der Waals surface area contributed by atoms with E-state index in [9.17, 15) is 9.59 Å². The first-order valence-electron chi connectivity index (χ1n) is 4.97. The van der Waals surface area contributed by atoms with Crippen LogP contribution in [0.3, 0.4) is 0 Å². The standard InChI is InChI=1S/C10H18O6/c1-8(15-6-4-9(11)13-2)16-7-5-10(12)14-3/h8H,4-7H2,1-3H3. The minimum Gasteiger partial charge on any atom is -0.469 e. The van der Waals surface area contributed by atoms with Crippen LogP contribution in [-0.4, -0.2) is 45.7 Å². The normalized spacial score (nSPS) is 10.2. The van der Waals surface area contributed by atoms with E-state index in [1.54, 1.807) is 6.92 Å². The van der Waals surface area contributed by atoms with Gasteiger partial charge in [-0.1, -0.05) is 0 Å². The Labute approximate surface area is 94.8 Å². The summed E-state index contributed by atoms with van der Waals surface area (Å²) in [5.41, 5.74) is 0. The quantitative estimate of drug-likeness (QED) is 0.449. The lowest BCUT2D eigenvalue weighted by atomic mass is 10.4. The molecule has 0 aromatic carbocycles. The van der Waals surface area contributed by atoms with Crippen molar-refractivity contribution in [1.29, 1.82) is 0 Å². The molecule has 0 aliphatic heterocycles. The van der Waals surface area contributed by atoms with Crippen LogP contribution in [0.2, 0.25) is 0 Å². The molecule has 6 heteroatoms. The Morgan fingerprint density at radius 2 is 1.31 bits per heavy atom. The monoisotopic (exact) mass is 234 g/mol. The van der Waals surface area contributed by atoms with E-state index in [1.165, 1.54) is 14.2 Å². The molecule has 0 aliphatic rings. The van der Waals surface area contributed by atoms with E-state index in [2.05, 4.69) is 9.47 Å². The van der Waals surface area contributed by atoms with E-state index in [0.29, 0.717) is 0 Å². The molecule has 0 rings (SSSR count). The van der Waals surface area contributed by atoms with Crippen molar-refractivity contribution >= 4 is 11.9 Å². The topological polar surface area (TPSA) is 71.1 Å². The summed E-state index contributed by atoms with van der Waals surface area (Å²) < 4.78 is 19.2. The predicted octanol–water partition coefficient (Wildman–Crippen LogP) is 0.492. The Kier molecular flexibility index (Phi) is 8.46. The first-order chi connectivity index (χ1) is 7.60. The lowest BCUT2D eigenvalue weighted by Gasteiger charge is -2.13. The molecule has 6 nitrogen and oxygen atoms in total. The van der Waals surface area contributed by atoms with Gasteiger partial charge in [-0.05, 0) is 6.92 Å². The summed E-state index contributed by atoms with van der Waals surface area (Å²) in [6.45, 7) is 2.15. The van der Waals surface area contributed by atoms with Crippen LogP contribution >= 0.6 is 0 Å². The molecule has 0 aromatic heterocycles. The van der Waals surface area contributed by atoms with E-state index in [1.807, 2.05) is 0 Å². The second-order valence-corrected chi connectivity index (χ2v) is 2.96. The van der Waals surface area contributed by atoms with Gasteiger partial charge >= 0.3 is 11.9 Å². The Balaban J connectivity index is 3.41. The van der Waals surface area contributed by atoms with Gasteiger partial charge < -0.3 is 18.9 Å². The summed E-state index contributed by atoms with van der Waals surface area (Å²) in [5, 5.41) is 0. The minimum absolute atomic E-state index is 0.182. The first-order valence-corrected chi connectivity index (χ1v) is 4.97. The van der Waals surface area contributed by atoms with Gasteiger partial charge in [0.15, 0.2) is 6.29 Å². The average molecular weight is 234 g/mol. The zero-order valence-electron chi connectivity index (χ0n) is 9.86. The van der Waals surface area contributed by atoms with Crippen molar-refractivity contribution in [3.63, 3.8) is 0 Å². The van der Waals surface area contributed by atoms with Crippen molar-refractivity contribution in [2.75, 3.05) is 27.4 Å². The number of esters is 2. The van der Waals surface area contributed by atoms with Crippen molar-refractivity contribution in [2.24, 2.45) is 0 Å². The molecule has 94 valence electrons. The number of carbonyl (C=O) groups excluding carboxylic acids is 2. The summed E-state index contributed by atoms with van der Waals surface area (Å²) in [7, 11) is 2.64. The van der Waals surface area contributed by atoms with Crippen molar-refractivity contribution in [1.82, 2.24) is 0 Å². The lowest BCUT2D eigenvalue weighted by Crippen LogP contribution is -2.18. The molecule has 0 aromatic rings. The fourth-order valence-electron chi connectivity index (χ4n) is 0.869. The molecule has 0 saturated heterocycles. The molecule has 0 bridgehead atoms. The minimum atomic E-state index is -0.464. The van der Waals surface area contributed by atoms with Crippen LogP contribution in [0.5, 0.6) is 0 Å². The number of ether oxygens (including phenoxy) is 4. The second kappa shape index (κ2) is 9.11. The fourth-order valence-corrected chi connectivity index (χ4v) is 0.869. The van der Waals surface area contributed by atoms with Gasteiger partial charge in [0, 0.05) is 0 Å². The molecule has 0 N–H and O–H groups in total. The summed E-state index contributed by atoms with van der Waals surface area (Å²) in [6, 6.07) is 0. The zero-order valence-corrected chi connectivity index (χ0v) is 9.86. The van der Waals surface area contributed by atoms with Crippen LogP contribution in [-0.2, 0) is 28.5 Å². The van der Waals surface area contributed by atoms with E-state index in [-0.39, 0.29) is 38.0 Å². The molecule has 0 unspecified atom stereocenters. The van der Waals surface area contributed by atoms with Gasteiger partial charge in [0.2, 0.25) is 0 Å². The average Bonchev–Trinajstić information content (AvgIpc) is 2.28. The van der Waals surface area contributed by atoms with Crippen LogP contribution < -0.4 is 0 Å². The highest BCUT2D eigenvalue weighted by Crippen LogP contribution is 1.97. The van der Waals surface area contributed by atoms with Gasteiger partial charge in [0.25, 0.3) is 0 Å². The highest BCUT2D eigenvalue weighted by Gasteiger charge is 2.06. The van der Waals surface area contributed by atoms with Gasteiger partial charge in [0.05, 0.1) is 40.3 Å². The molecule has 0 atom stereocenters. The largest absolute Gasteiger partial charge is 0.469 e. The molecular weight excluding hydrogens is 216 g/mol. The molecule has 0 saturated carbocycles. The smallest absolute Gasteiger partial charge is 0.307 e. The highest BCUT2D eigenvalue weighted by atomic mass is 16.7. The maximum atomic E-state index is 10.7. The molecular formula is C10H18O6. The van der Waals surface area contributed by atoms with E-state index < -0.39 is 6.29 Å². The third-order valence-corrected chi connectivity index (χ3v) is 1.77. The van der Waals surface area contributed by atoms with Gasteiger partial charge in [-0.2, -0.15) is 0 Å². The summed E-state index contributed by atoms with van der Waals surface area (Å²) in [5.74, 6) is -0.663. The molecule has 16 heavy (non-hydrogen) atoms. The molecule has 0 heterocycles. The van der Waals surface area contributed by atoms with Crippen molar-refractivity contribution in [2.45, 2.75) is 26.1 Å². The third-order valence-electron chi connectivity index (χ3n) is 1.77. The van der Waals surface area contributed by atoms with Gasteiger partial charge in [0.1, 0.15) is 0 Å². The third kappa shape index (κ3) is 8.19. The van der Waals surface area contributed by atoms with Crippen LogP contribution in [0.4, 0.5) is 0 Å². The molecule has 0 fully saturated rings. The van der Waals surface area contributed by atoms with Crippen LogP contribution in [0, 0.1) is 0 Å². The summed E-state index contributed by atoms with van der Waals surface area (Å²) in [6.07, 6.45) is -0.100. The summed E-state index contributed by atoms with van der Waals surface area (Å²) in [4.78, 5) is 21.5. The fraction of sp³-hybridized carbons (Fsp3) is 0.800. The van der Waals surface area contributed by atoms with Crippen LogP contribution in [0.1, 0.15) is 19.8 Å². The van der Waals surface area contributed by atoms with Gasteiger partial charge in [-0.25, -0.2) is 0 Å². The number of methoxy groups -OCH3 is 2. The number of hydrogen-bond acceptors (Lipinski definition) is 6. The molecule has 0 amide bonds. The zero-order chi connectivity index (χ0) is 12.4. The van der Waals surface area contributed by atoms with Crippen LogP contribution in [0.25, 0.3) is 0 Å². The molecule has 0 spiro atoms. The number of rotatable bonds is 8. The van der Waals surface area contributed by atoms with Crippen molar-refractivity contribution < 1.29 is 28.5 Å². The van der Waals surface area contributed by atoms with E-state index in [4.69, 9.17) is 9.47 Å². The predicted molar refractivity (Wildman–Crippen MR) is 54.6 cm³/mol. The van der Waals surface area contributed by atoms with Gasteiger partial charge in [-0.15, -0.1) is 0 Å². The lowest BCUT2D eigenvalue weighted by molar-refractivity contribution is -0.155. The van der Waals surface area contributed by atoms with Crippen LogP contribution in [0.15, 0.2) is 0 Å². The van der Waals surface area contributed by atoms with E-state index in [0.717, 1.165) is 0 Å². The Hall–Kier alpha value is -1.14. The SMILES string of the molecule is COC(=O)CCOC(C)OCCC(=O)OC. The van der Waals surface area contributed by atoms with E-state index >= 15 is 0 Å². The number of hydrogen-bond donors (Lipinski definition) is 0. The van der Waals surface area contributed by atoms with Gasteiger partial charge in [-0.3, -0.25) is 9.59 Å². The maximum absolute atomic E-state index is 10.7. The Morgan fingerprint density at radius 1 is 0.938 bits per heavy atom. The number of carbonyl (C=O) groups is 2. The Bertz CT molecular complexity index is 193. The maximum Gasteiger partial charge on any atom is 0.307 e. The molecule has 0 radical (unpaired) electrons. The first kappa shape index (κ1) is 14.9. The molecule has 0 aliphatic carbocycles. The second-order valence-electron chi connectivity index (χ2n) is 2.96. The Morgan fingerprint density at radius 3 is 1.62 bits per heavy atom.